The fourth-order valence-electron chi connectivity index (χ4n) is 3.56. The lowest BCUT2D eigenvalue weighted by Crippen LogP contribution is -2.33. The number of hydrogen-bond donors (Lipinski definition) is 1. The second-order valence-corrected chi connectivity index (χ2v) is 8.64. The summed E-state index contributed by atoms with van der Waals surface area (Å²) in [7, 11) is 0. The maximum atomic E-state index is 13.4. The summed E-state index contributed by atoms with van der Waals surface area (Å²) in [5, 5.41) is 5.80. The molecule has 0 saturated heterocycles. The average molecular weight is 466 g/mol. The third-order valence-electron chi connectivity index (χ3n) is 5.24. The van der Waals surface area contributed by atoms with Crippen LogP contribution in [0.4, 0.5) is 5.69 Å². The minimum atomic E-state index is -0.752. The van der Waals surface area contributed by atoms with Crippen molar-refractivity contribution in [3.05, 3.63) is 81.2 Å². The Morgan fingerprint density at radius 2 is 1.94 bits per heavy atom. The number of carbonyl (C=O) groups excluding carboxylic acids is 2. The smallest absolute Gasteiger partial charge is 0.263 e. The van der Waals surface area contributed by atoms with E-state index in [4.69, 9.17) is 11.6 Å². The molecule has 2 aromatic heterocycles. The van der Waals surface area contributed by atoms with Crippen molar-refractivity contribution in [3.63, 3.8) is 0 Å². The molecule has 1 amide bonds. The van der Waals surface area contributed by atoms with Gasteiger partial charge in [0.25, 0.3) is 5.56 Å². The van der Waals surface area contributed by atoms with E-state index >= 15 is 0 Å². The number of thiophene rings is 1. The van der Waals surface area contributed by atoms with Crippen LogP contribution in [0, 0.1) is 0 Å². The van der Waals surface area contributed by atoms with Crippen LogP contribution in [0.2, 0.25) is 5.02 Å². The van der Waals surface area contributed by atoms with E-state index in [9.17, 15) is 14.4 Å². The highest BCUT2D eigenvalue weighted by Gasteiger charge is 2.23. The van der Waals surface area contributed by atoms with Gasteiger partial charge in [0.15, 0.2) is 5.78 Å². The van der Waals surface area contributed by atoms with Crippen molar-refractivity contribution >= 4 is 50.5 Å². The first kappa shape index (κ1) is 21.9. The molecule has 2 heterocycles. The first-order valence-electron chi connectivity index (χ1n) is 10.0. The lowest BCUT2D eigenvalue weighted by molar-refractivity contribution is -0.119. The molecule has 32 heavy (non-hydrogen) atoms. The summed E-state index contributed by atoms with van der Waals surface area (Å²) in [6.45, 7) is 3.30. The van der Waals surface area contributed by atoms with Gasteiger partial charge >= 0.3 is 0 Å². The van der Waals surface area contributed by atoms with E-state index in [-0.39, 0.29) is 17.2 Å². The molecule has 4 rings (SSSR count). The SMILES string of the molecule is CCC(C(=O)Nc1cccc(C(C)=O)c1)n1cnc2scc(-c3ccc(Cl)cc3)c2c1=O. The van der Waals surface area contributed by atoms with Gasteiger partial charge in [-0.1, -0.05) is 42.8 Å². The molecule has 4 aromatic rings. The predicted molar refractivity (Wildman–Crippen MR) is 129 cm³/mol. The van der Waals surface area contributed by atoms with Crippen LogP contribution in [0.5, 0.6) is 0 Å². The average Bonchev–Trinajstić information content (AvgIpc) is 3.21. The number of hydrogen-bond acceptors (Lipinski definition) is 5. The summed E-state index contributed by atoms with van der Waals surface area (Å²) < 4.78 is 1.37. The van der Waals surface area contributed by atoms with E-state index in [2.05, 4.69) is 10.3 Å². The van der Waals surface area contributed by atoms with E-state index < -0.39 is 6.04 Å². The number of Topliss-reactive ketones (excluding diaryl/α,β-unsaturated/α-hetero) is 1. The van der Waals surface area contributed by atoms with E-state index in [1.54, 1.807) is 36.4 Å². The van der Waals surface area contributed by atoms with Gasteiger partial charge in [-0.05, 0) is 43.2 Å². The Bertz CT molecular complexity index is 1380. The highest BCUT2D eigenvalue weighted by Crippen LogP contribution is 2.31. The van der Waals surface area contributed by atoms with E-state index in [1.807, 2.05) is 24.4 Å². The number of anilines is 1. The summed E-state index contributed by atoms with van der Waals surface area (Å²) in [4.78, 5) is 43.2. The molecule has 0 radical (unpaired) electrons. The number of amides is 1. The summed E-state index contributed by atoms with van der Waals surface area (Å²) in [5.74, 6) is -0.439. The van der Waals surface area contributed by atoms with Gasteiger partial charge in [-0.15, -0.1) is 11.3 Å². The second-order valence-electron chi connectivity index (χ2n) is 7.34. The topological polar surface area (TPSA) is 81.1 Å². The molecular weight excluding hydrogens is 446 g/mol. The molecule has 0 saturated carbocycles. The number of benzene rings is 2. The number of ketones is 1. The Balaban J connectivity index is 1.72. The third-order valence-corrected chi connectivity index (χ3v) is 6.37. The van der Waals surface area contributed by atoms with E-state index in [0.29, 0.717) is 32.9 Å². The van der Waals surface area contributed by atoms with Gasteiger partial charge in [-0.25, -0.2) is 4.98 Å². The number of nitrogens with one attached hydrogen (secondary N) is 1. The van der Waals surface area contributed by atoms with Crippen LogP contribution in [-0.2, 0) is 4.79 Å². The van der Waals surface area contributed by atoms with Gasteiger partial charge in [-0.2, -0.15) is 0 Å². The van der Waals surface area contributed by atoms with Crippen molar-refractivity contribution in [3.8, 4) is 11.1 Å². The number of rotatable bonds is 6. The molecule has 0 aliphatic rings. The molecule has 1 atom stereocenters. The minimum Gasteiger partial charge on any atom is -0.324 e. The Hall–Kier alpha value is -3.29. The van der Waals surface area contributed by atoms with Gasteiger partial charge in [0.05, 0.1) is 11.7 Å². The second kappa shape index (κ2) is 9.06. The Labute approximate surface area is 193 Å². The highest BCUT2D eigenvalue weighted by atomic mass is 35.5. The quantitative estimate of drug-likeness (QED) is 0.377. The first-order valence-corrected chi connectivity index (χ1v) is 11.3. The molecule has 0 fully saturated rings. The predicted octanol–water partition coefficient (Wildman–Crippen LogP) is 5.57. The van der Waals surface area contributed by atoms with Gasteiger partial charge < -0.3 is 5.32 Å². The molecule has 8 heteroatoms. The number of nitrogens with zero attached hydrogens (tertiary/aromatic N) is 2. The summed E-state index contributed by atoms with van der Waals surface area (Å²) in [6, 6.07) is 13.2. The largest absolute Gasteiger partial charge is 0.324 e. The van der Waals surface area contributed by atoms with Crippen LogP contribution < -0.4 is 10.9 Å². The zero-order valence-corrected chi connectivity index (χ0v) is 19.0. The molecule has 0 bridgehead atoms. The highest BCUT2D eigenvalue weighted by molar-refractivity contribution is 7.17. The maximum Gasteiger partial charge on any atom is 0.263 e. The van der Waals surface area contributed by atoms with Crippen LogP contribution >= 0.6 is 22.9 Å². The van der Waals surface area contributed by atoms with Crippen LogP contribution in [-0.4, -0.2) is 21.2 Å². The summed E-state index contributed by atoms with van der Waals surface area (Å²) in [6.07, 6.45) is 1.82. The molecule has 1 N–H and O–H groups in total. The Kier molecular flexibility index (Phi) is 6.21. The third kappa shape index (κ3) is 4.22. The zero-order valence-electron chi connectivity index (χ0n) is 17.5. The van der Waals surface area contributed by atoms with Crippen LogP contribution in [0.25, 0.3) is 21.3 Å². The number of aromatic nitrogens is 2. The monoisotopic (exact) mass is 465 g/mol. The Morgan fingerprint density at radius 1 is 1.19 bits per heavy atom. The molecule has 0 aliphatic heterocycles. The van der Waals surface area contributed by atoms with Gasteiger partial charge in [-0.3, -0.25) is 19.0 Å². The molecule has 0 spiro atoms. The number of carbonyl (C=O) groups is 2. The molecule has 0 aliphatic carbocycles. The standard InChI is InChI=1S/C24H20ClN3O3S/c1-3-20(22(30)27-18-6-4-5-16(11-18)14(2)29)28-13-26-23-21(24(28)31)19(12-32-23)15-7-9-17(25)10-8-15/h4-13,20H,3H2,1-2H3,(H,27,30). The van der Waals surface area contributed by atoms with Gasteiger partial charge in [0.2, 0.25) is 5.91 Å². The van der Waals surface area contributed by atoms with Gasteiger partial charge in [0, 0.05) is 27.2 Å². The minimum absolute atomic E-state index is 0.0915. The molecule has 1 unspecified atom stereocenters. The Morgan fingerprint density at radius 3 is 2.62 bits per heavy atom. The molecular formula is C24H20ClN3O3S. The van der Waals surface area contributed by atoms with Crippen molar-refractivity contribution < 1.29 is 9.59 Å². The first-order chi connectivity index (χ1) is 15.4. The van der Waals surface area contributed by atoms with Crippen LogP contribution in [0.15, 0.2) is 65.0 Å². The van der Waals surface area contributed by atoms with Crippen molar-refractivity contribution in [1.29, 1.82) is 0 Å². The molecule has 162 valence electrons. The number of fused-ring (bicyclic) bond motifs is 1. The van der Waals surface area contributed by atoms with Crippen LogP contribution in [0.3, 0.4) is 0 Å². The molecule has 6 nitrogen and oxygen atoms in total. The fraction of sp³-hybridized carbons (Fsp3) is 0.167. The zero-order chi connectivity index (χ0) is 22.8. The lowest BCUT2D eigenvalue weighted by atomic mass is 10.1. The number of halogens is 1. The molecule has 2 aromatic carbocycles. The van der Waals surface area contributed by atoms with Crippen LogP contribution in [0.1, 0.15) is 36.7 Å². The van der Waals surface area contributed by atoms with Crippen molar-refractivity contribution in [2.45, 2.75) is 26.3 Å². The fourth-order valence-corrected chi connectivity index (χ4v) is 4.59. The normalized spacial score (nSPS) is 12.0. The van der Waals surface area contributed by atoms with Gasteiger partial charge in [0.1, 0.15) is 10.9 Å². The summed E-state index contributed by atoms with van der Waals surface area (Å²) in [5.41, 5.74) is 2.34. The van der Waals surface area contributed by atoms with E-state index in [0.717, 1.165) is 11.1 Å². The maximum absolute atomic E-state index is 13.4. The van der Waals surface area contributed by atoms with Crippen molar-refractivity contribution in [2.24, 2.45) is 0 Å². The van der Waals surface area contributed by atoms with Crippen molar-refractivity contribution in [2.75, 3.05) is 5.32 Å². The lowest BCUT2D eigenvalue weighted by Gasteiger charge is -2.18. The van der Waals surface area contributed by atoms with Crippen molar-refractivity contribution in [1.82, 2.24) is 9.55 Å². The summed E-state index contributed by atoms with van der Waals surface area (Å²) >= 11 is 7.38. The van der Waals surface area contributed by atoms with E-state index in [1.165, 1.54) is 29.2 Å².